The molecule has 0 aliphatic carbocycles. The number of rotatable bonds is 6. The number of pyridine rings is 1. The number of fused-ring (bicyclic) bond motifs is 1. The molecule has 0 bridgehead atoms. The van der Waals surface area contributed by atoms with Crippen LogP contribution in [0.4, 0.5) is 5.82 Å². The number of nitrogens with zero attached hydrogens (tertiary/aromatic N) is 4. The number of hydrogen-bond acceptors (Lipinski definition) is 6. The first kappa shape index (κ1) is 19.8. The smallest absolute Gasteiger partial charge is 0.214 e. The van der Waals surface area contributed by atoms with E-state index in [1.54, 1.807) is 16.7 Å². The highest BCUT2D eigenvalue weighted by molar-refractivity contribution is 7.89. The molecule has 0 aromatic carbocycles. The highest BCUT2D eigenvalue weighted by atomic mass is 32.2. The summed E-state index contributed by atoms with van der Waals surface area (Å²) in [6.07, 6.45) is 6.99. The summed E-state index contributed by atoms with van der Waals surface area (Å²) in [5, 5.41) is 3.45. The summed E-state index contributed by atoms with van der Waals surface area (Å²) in [7, 11) is -3.24. The van der Waals surface area contributed by atoms with Gasteiger partial charge in [0.15, 0.2) is 5.65 Å². The van der Waals surface area contributed by atoms with E-state index in [0.717, 1.165) is 35.3 Å². The van der Waals surface area contributed by atoms with Gasteiger partial charge in [-0.15, -0.1) is 0 Å². The lowest BCUT2D eigenvalue weighted by molar-refractivity contribution is 0.325. The Balaban J connectivity index is 1.55. The quantitative estimate of drug-likeness (QED) is 0.643. The van der Waals surface area contributed by atoms with Crippen molar-refractivity contribution >= 4 is 27.0 Å². The summed E-state index contributed by atoms with van der Waals surface area (Å²) in [5.74, 6) is 0.985. The molecule has 1 saturated heterocycles. The first-order valence-corrected chi connectivity index (χ1v) is 11.5. The van der Waals surface area contributed by atoms with Gasteiger partial charge < -0.3 is 10.3 Å². The second-order valence-corrected chi connectivity index (χ2v) is 9.89. The summed E-state index contributed by atoms with van der Waals surface area (Å²) < 4.78 is 26.9. The normalized spacial score (nSPS) is 18.4. The number of anilines is 1. The summed E-state index contributed by atoms with van der Waals surface area (Å²) >= 11 is 0. The van der Waals surface area contributed by atoms with Gasteiger partial charge in [-0.3, -0.25) is 4.98 Å². The molecule has 4 rings (SSSR count). The maximum atomic E-state index is 12.6. The molecule has 29 heavy (non-hydrogen) atoms. The van der Waals surface area contributed by atoms with Crippen LogP contribution in [-0.2, 0) is 10.0 Å². The zero-order chi connectivity index (χ0) is 20.4. The van der Waals surface area contributed by atoms with E-state index in [1.807, 2.05) is 38.2 Å². The van der Waals surface area contributed by atoms with Crippen LogP contribution in [0, 0.1) is 5.92 Å². The van der Waals surface area contributed by atoms with Crippen LogP contribution in [0.3, 0.4) is 0 Å². The molecule has 1 aliphatic heterocycles. The van der Waals surface area contributed by atoms with E-state index in [-0.39, 0.29) is 17.7 Å². The van der Waals surface area contributed by atoms with Crippen molar-refractivity contribution in [1.82, 2.24) is 24.2 Å². The van der Waals surface area contributed by atoms with Gasteiger partial charge in [0.05, 0.1) is 17.6 Å². The monoisotopic (exact) mass is 414 g/mol. The van der Waals surface area contributed by atoms with Crippen LogP contribution in [-0.4, -0.2) is 57.5 Å². The maximum Gasteiger partial charge on any atom is 0.214 e. The second kappa shape index (κ2) is 8.08. The molecule has 3 aromatic heterocycles. The Bertz CT molecular complexity index is 1100. The number of H-pyrrole nitrogens is 1. The minimum absolute atomic E-state index is 0.00140. The van der Waals surface area contributed by atoms with E-state index in [2.05, 4.69) is 25.3 Å². The van der Waals surface area contributed by atoms with Gasteiger partial charge in [-0.05, 0) is 37.0 Å². The highest BCUT2D eigenvalue weighted by Gasteiger charge is 2.29. The van der Waals surface area contributed by atoms with Gasteiger partial charge in [-0.2, -0.15) is 4.31 Å². The predicted octanol–water partition coefficient (Wildman–Crippen LogP) is 2.88. The second-order valence-electron chi connectivity index (χ2n) is 7.88. The SMILES string of the molecule is CC(C)CS(=O)(=O)N1CCCC(Nc2ncccc2-c2cnc3cc[nH]c3n2)C1. The van der Waals surface area contributed by atoms with E-state index >= 15 is 0 Å². The molecule has 4 heterocycles. The summed E-state index contributed by atoms with van der Waals surface area (Å²) in [4.78, 5) is 16.7. The minimum atomic E-state index is -3.24. The van der Waals surface area contributed by atoms with Crippen LogP contribution in [0.25, 0.3) is 22.4 Å². The Morgan fingerprint density at radius 1 is 1.31 bits per heavy atom. The topological polar surface area (TPSA) is 104 Å². The fourth-order valence-electron chi connectivity index (χ4n) is 3.72. The van der Waals surface area contributed by atoms with Gasteiger partial charge >= 0.3 is 0 Å². The van der Waals surface area contributed by atoms with Gasteiger partial charge in [-0.1, -0.05) is 13.8 Å². The first-order chi connectivity index (χ1) is 13.9. The van der Waals surface area contributed by atoms with Gasteiger partial charge in [0.25, 0.3) is 0 Å². The largest absolute Gasteiger partial charge is 0.365 e. The van der Waals surface area contributed by atoms with E-state index in [1.165, 1.54) is 0 Å². The van der Waals surface area contributed by atoms with Crippen LogP contribution in [0.2, 0.25) is 0 Å². The minimum Gasteiger partial charge on any atom is -0.365 e. The molecule has 3 aromatic rings. The molecule has 1 atom stereocenters. The summed E-state index contributed by atoms with van der Waals surface area (Å²) in [6.45, 7) is 4.89. The van der Waals surface area contributed by atoms with Crippen LogP contribution in [0.5, 0.6) is 0 Å². The Morgan fingerprint density at radius 2 is 2.17 bits per heavy atom. The molecule has 1 fully saturated rings. The van der Waals surface area contributed by atoms with Crippen LogP contribution < -0.4 is 5.32 Å². The average Bonchev–Trinajstić information content (AvgIpc) is 3.15. The van der Waals surface area contributed by atoms with Crippen molar-refractivity contribution in [3.05, 3.63) is 36.8 Å². The van der Waals surface area contributed by atoms with Crippen molar-refractivity contribution < 1.29 is 8.42 Å². The van der Waals surface area contributed by atoms with E-state index in [4.69, 9.17) is 0 Å². The van der Waals surface area contributed by atoms with Crippen LogP contribution >= 0.6 is 0 Å². The average molecular weight is 415 g/mol. The Morgan fingerprint density at radius 3 is 3.00 bits per heavy atom. The number of aromatic amines is 1. The zero-order valence-electron chi connectivity index (χ0n) is 16.7. The molecule has 2 N–H and O–H groups in total. The third-order valence-electron chi connectivity index (χ3n) is 5.01. The third kappa shape index (κ3) is 4.40. The summed E-state index contributed by atoms with van der Waals surface area (Å²) in [6, 6.07) is 5.69. The Hall–Kier alpha value is -2.52. The fraction of sp³-hybridized carbons (Fsp3) is 0.450. The van der Waals surface area contributed by atoms with Gasteiger partial charge in [0.2, 0.25) is 10.0 Å². The number of sulfonamides is 1. The van der Waals surface area contributed by atoms with Crippen molar-refractivity contribution in [2.24, 2.45) is 5.92 Å². The molecule has 0 saturated carbocycles. The molecule has 0 radical (unpaired) electrons. The molecule has 1 aliphatic rings. The molecule has 0 amide bonds. The molecular weight excluding hydrogens is 388 g/mol. The lowest BCUT2D eigenvalue weighted by Gasteiger charge is -2.33. The first-order valence-electron chi connectivity index (χ1n) is 9.92. The highest BCUT2D eigenvalue weighted by Crippen LogP contribution is 2.27. The number of aromatic nitrogens is 4. The Labute approximate surface area is 170 Å². The molecule has 9 heteroatoms. The van der Waals surface area contributed by atoms with Crippen molar-refractivity contribution in [2.75, 3.05) is 24.2 Å². The van der Waals surface area contributed by atoms with E-state index < -0.39 is 10.0 Å². The Kier molecular flexibility index (Phi) is 5.51. The van der Waals surface area contributed by atoms with Crippen molar-refractivity contribution in [3.8, 4) is 11.3 Å². The van der Waals surface area contributed by atoms with E-state index in [0.29, 0.717) is 18.9 Å². The number of piperidine rings is 1. The fourth-order valence-corrected chi connectivity index (χ4v) is 5.58. The van der Waals surface area contributed by atoms with E-state index in [9.17, 15) is 8.42 Å². The lowest BCUT2D eigenvalue weighted by Crippen LogP contribution is -2.46. The standard InChI is InChI=1S/C20H26N6O2S/c1-14(2)13-29(27,28)26-10-4-5-15(12-26)24-19-16(6-3-8-21-19)18-11-23-17-7-9-22-20(17)25-18/h3,6-9,11,14-15H,4-5,10,12-13H2,1-2H3,(H,21,24)(H,22,25). The maximum absolute atomic E-state index is 12.6. The van der Waals surface area contributed by atoms with Gasteiger partial charge in [0.1, 0.15) is 11.3 Å². The summed E-state index contributed by atoms with van der Waals surface area (Å²) in [5.41, 5.74) is 3.10. The van der Waals surface area contributed by atoms with Crippen LogP contribution in [0.1, 0.15) is 26.7 Å². The number of nitrogens with one attached hydrogen (secondary N) is 2. The lowest BCUT2D eigenvalue weighted by atomic mass is 10.1. The predicted molar refractivity (Wildman–Crippen MR) is 114 cm³/mol. The molecular formula is C20H26N6O2S. The number of hydrogen-bond donors (Lipinski definition) is 2. The van der Waals surface area contributed by atoms with Crippen molar-refractivity contribution in [3.63, 3.8) is 0 Å². The molecule has 8 nitrogen and oxygen atoms in total. The third-order valence-corrected chi connectivity index (χ3v) is 7.21. The molecule has 0 spiro atoms. The van der Waals surface area contributed by atoms with Crippen LogP contribution in [0.15, 0.2) is 36.8 Å². The van der Waals surface area contributed by atoms with Gasteiger partial charge in [-0.25, -0.2) is 18.4 Å². The van der Waals surface area contributed by atoms with Crippen molar-refractivity contribution in [2.45, 2.75) is 32.7 Å². The molecule has 1 unspecified atom stereocenters. The van der Waals surface area contributed by atoms with Crippen molar-refractivity contribution in [1.29, 1.82) is 0 Å². The van der Waals surface area contributed by atoms with Gasteiger partial charge in [0, 0.05) is 37.1 Å². The molecule has 154 valence electrons. The zero-order valence-corrected chi connectivity index (χ0v) is 17.5.